The summed E-state index contributed by atoms with van der Waals surface area (Å²) in [6.45, 7) is 1.03. The van der Waals surface area contributed by atoms with Gasteiger partial charge in [0.05, 0.1) is 16.5 Å². The topological polar surface area (TPSA) is 30.7 Å². The van der Waals surface area contributed by atoms with Gasteiger partial charge in [-0.05, 0) is 18.6 Å². The van der Waals surface area contributed by atoms with Crippen molar-refractivity contribution in [2.45, 2.75) is 17.3 Å². The highest BCUT2D eigenvalue weighted by molar-refractivity contribution is 8.01. The van der Waals surface area contributed by atoms with Gasteiger partial charge < -0.3 is 4.57 Å². The maximum absolute atomic E-state index is 4.61. The van der Waals surface area contributed by atoms with Crippen molar-refractivity contribution in [1.82, 2.24) is 14.5 Å². The van der Waals surface area contributed by atoms with Crippen molar-refractivity contribution in [3.05, 3.63) is 43.0 Å². The van der Waals surface area contributed by atoms with Crippen molar-refractivity contribution in [3.8, 4) is 0 Å². The second-order valence-corrected chi connectivity index (χ2v) is 6.32. The number of thioether (sulfide) groups is 1. The zero-order chi connectivity index (χ0) is 12.2. The summed E-state index contributed by atoms with van der Waals surface area (Å²) in [6.07, 6.45) is 6.82. The average Bonchev–Trinajstić information content (AvgIpc) is 3.03. The second-order valence-electron chi connectivity index (χ2n) is 3.95. The van der Waals surface area contributed by atoms with Crippen LogP contribution in [-0.2, 0) is 6.54 Å². The van der Waals surface area contributed by atoms with E-state index < -0.39 is 0 Å². The summed E-state index contributed by atoms with van der Waals surface area (Å²) < 4.78 is 4.55. The first-order chi connectivity index (χ1) is 8.92. The number of benzene rings is 1. The Hall–Kier alpha value is -1.33. The maximum atomic E-state index is 4.61. The summed E-state index contributed by atoms with van der Waals surface area (Å²) in [6, 6.07) is 8.30. The molecule has 18 heavy (non-hydrogen) atoms. The first-order valence-electron chi connectivity index (χ1n) is 5.86. The van der Waals surface area contributed by atoms with E-state index in [9.17, 15) is 0 Å². The fourth-order valence-corrected chi connectivity index (χ4v) is 3.80. The third-order valence-corrected chi connectivity index (χ3v) is 4.89. The van der Waals surface area contributed by atoms with E-state index in [0.29, 0.717) is 0 Å². The van der Waals surface area contributed by atoms with Crippen LogP contribution in [0, 0.1) is 0 Å². The van der Waals surface area contributed by atoms with Crippen LogP contribution in [0.5, 0.6) is 0 Å². The Kier molecular flexibility index (Phi) is 3.61. The summed E-state index contributed by atoms with van der Waals surface area (Å²) in [4.78, 5) is 8.64. The molecule has 0 spiro atoms. The second kappa shape index (κ2) is 5.54. The Bertz CT molecular complexity index is 583. The number of hydrogen-bond acceptors (Lipinski definition) is 4. The molecule has 0 atom stereocenters. The molecule has 0 bridgehead atoms. The van der Waals surface area contributed by atoms with E-state index in [0.717, 1.165) is 24.2 Å². The molecule has 1 aromatic carbocycles. The molecule has 0 radical (unpaired) electrons. The van der Waals surface area contributed by atoms with Crippen LogP contribution in [0.25, 0.3) is 10.2 Å². The van der Waals surface area contributed by atoms with E-state index in [4.69, 9.17) is 0 Å². The lowest BCUT2D eigenvalue weighted by atomic mass is 10.3. The normalized spacial score (nSPS) is 11.1. The molecular formula is C13H13N3S2. The highest BCUT2D eigenvalue weighted by Crippen LogP contribution is 2.29. The van der Waals surface area contributed by atoms with Crippen LogP contribution >= 0.6 is 23.1 Å². The zero-order valence-electron chi connectivity index (χ0n) is 9.82. The number of hydrogen-bond donors (Lipinski definition) is 0. The maximum Gasteiger partial charge on any atom is 0.151 e. The highest BCUT2D eigenvalue weighted by atomic mass is 32.2. The Morgan fingerprint density at radius 1 is 1.28 bits per heavy atom. The van der Waals surface area contributed by atoms with Crippen LogP contribution in [0.15, 0.2) is 47.3 Å². The number of aryl methyl sites for hydroxylation is 1. The van der Waals surface area contributed by atoms with Gasteiger partial charge in [0.15, 0.2) is 4.34 Å². The summed E-state index contributed by atoms with van der Waals surface area (Å²) >= 11 is 3.62. The minimum atomic E-state index is 1.03. The molecule has 0 saturated heterocycles. The van der Waals surface area contributed by atoms with Gasteiger partial charge in [-0.1, -0.05) is 23.9 Å². The van der Waals surface area contributed by atoms with E-state index in [1.807, 2.05) is 36.5 Å². The number of imidazole rings is 1. The summed E-state index contributed by atoms with van der Waals surface area (Å²) in [7, 11) is 0. The number of fused-ring (bicyclic) bond motifs is 1. The SMILES string of the molecule is c1ccc2sc(SCCCn3ccnc3)nc2c1. The highest BCUT2D eigenvalue weighted by Gasteiger charge is 2.03. The number of rotatable bonds is 5. The Morgan fingerprint density at radius 3 is 3.06 bits per heavy atom. The lowest BCUT2D eigenvalue weighted by molar-refractivity contribution is 0.683. The van der Waals surface area contributed by atoms with E-state index >= 15 is 0 Å². The van der Waals surface area contributed by atoms with Gasteiger partial charge in [0, 0.05) is 24.7 Å². The predicted molar refractivity (Wildman–Crippen MR) is 77.2 cm³/mol. The van der Waals surface area contributed by atoms with Crippen LogP contribution in [0.1, 0.15) is 6.42 Å². The number of para-hydroxylation sites is 1. The van der Waals surface area contributed by atoms with Crippen molar-refractivity contribution >= 4 is 33.3 Å². The van der Waals surface area contributed by atoms with Crippen LogP contribution in [0.2, 0.25) is 0 Å². The number of thiazole rings is 1. The molecule has 5 heteroatoms. The van der Waals surface area contributed by atoms with Crippen molar-refractivity contribution in [1.29, 1.82) is 0 Å². The van der Waals surface area contributed by atoms with E-state index in [-0.39, 0.29) is 0 Å². The Balaban J connectivity index is 1.53. The molecule has 2 heterocycles. The quantitative estimate of drug-likeness (QED) is 0.526. The zero-order valence-corrected chi connectivity index (χ0v) is 11.5. The number of aromatic nitrogens is 3. The third kappa shape index (κ3) is 2.73. The molecule has 0 aliphatic heterocycles. The van der Waals surface area contributed by atoms with E-state index in [1.165, 1.54) is 9.04 Å². The van der Waals surface area contributed by atoms with Gasteiger partial charge in [0.25, 0.3) is 0 Å². The van der Waals surface area contributed by atoms with Crippen LogP contribution < -0.4 is 0 Å². The van der Waals surface area contributed by atoms with Gasteiger partial charge in [-0.3, -0.25) is 0 Å². The Morgan fingerprint density at radius 2 is 2.22 bits per heavy atom. The molecule has 0 unspecified atom stereocenters. The number of nitrogens with zero attached hydrogens (tertiary/aromatic N) is 3. The van der Waals surface area contributed by atoms with Gasteiger partial charge in [-0.2, -0.15) is 0 Å². The first-order valence-corrected chi connectivity index (χ1v) is 7.66. The first kappa shape index (κ1) is 11.7. The van der Waals surface area contributed by atoms with Gasteiger partial charge >= 0.3 is 0 Å². The minimum Gasteiger partial charge on any atom is -0.337 e. The van der Waals surface area contributed by atoms with Gasteiger partial charge in [-0.25, -0.2) is 9.97 Å². The molecule has 0 aliphatic rings. The standard InChI is InChI=1S/C13H13N3S2/c1-2-5-12-11(4-1)15-13(18-12)17-9-3-7-16-8-6-14-10-16/h1-2,4-6,8,10H,3,7,9H2. The lowest BCUT2D eigenvalue weighted by Gasteiger charge is -2.00. The monoisotopic (exact) mass is 275 g/mol. The minimum absolute atomic E-state index is 1.03. The lowest BCUT2D eigenvalue weighted by Crippen LogP contribution is -1.95. The molecule has 0 N–H and O–H groups in total. The van der Waals surface area contributed by atoms with Crippen molar-refractivity contribution in [3.63, 3.8) is 0 Å². The smallest absolute Gasteiger partial charge is 0.151 e. The van der Waals surface area contributed by atoms with E-state index in [1.54, 1.807) is 11.3 Å². The van der Waals surface area contributed by atoms with Crippen LogP contribution in [-0.4, -0.2) is 20.3 Å². The van der Waals surface area contributed by atoms with Gasteiger partial charge in [0.1, 0.15) is 0 Å². The molecule has 0 amide bonds. The molecule has 3 rings (SSSR count). The van der Waals surface area contributed by atoms with Crippen LogP contribution in [0.4, 0.5) is 0 Å². The van der Waals surface area contributed by atoms with Gasteiger partial charge in [-0.15, -0.1) is 11.3 Å². The van der Waals surface area contributed by atoms with Crippen molar-refractivity contribution < 1.29 is 0 Å². The van der Waals surface area contributed by atoms with Crippen molar-refractivity contribution in [2.75, 3.05) is 5.75 Å². The Labute approximate surface area is 114 Å². The molecule has 2 aromatic heterocycles. The summed E-state index contributed by atoms with van der Waals surface area (Å²) in [5, 5.41) is 0. The molecule has 3 nitrogen and oxygen atoms in total. The molecule has 0 aliphatic carbocycles. The van der Waals surface area contributed by atoms with E-state index in [2.05, 4.69) is 32.7 Å². The molecule has 3 aromatic rings. The molecule has 0 fully saturated rings. The predicted octanol–water partition coefficient (Wildman–Crippen LogP) is 3.68. The molecule has 0 saturated carbocycles. The molecule has 92 valence electrons. The average molecular weight is 275 g/mol. The largest absolute Gasteiger partial charge is 0.337 e. The third-order valence-electron chi connectivity index (χ3n) is 2.62. The summed E-state index contributed by atoms with van der Waals surface area (Å²) in [5.74, 6) is 1.10. The van der Waals surface area contributed by atoms with Gasteiger partial charge in [0.2, 0.25) is 0 Å². The van der Waals surface area contributed by atoms with Crippen molar-refractivity contribution in [2.24, 2.45) is 0 Å². The molecular weight excluding hydrogens is 262 g/mol. The summed E-state index contributed by atoms with van der Waals surface area (Å²) in [5.41, 5.74) is 1.11. The fourth-order valence-electron chi connectivity index (χ4n) is 1.74. The van der Waals surface area contributed by atoms with Crippen LogP contribution in [0.3, 0.4) is 0 Å². The fraction of sp³-hybridized carbons (Fsp3) is 0.231.